The highest BCUT2D eigenvalue weighted by molar-refractivity contribution is 7.90. The Morgan fingerprint density at radius 1 is 0.967 bits per heavy atom. The number of halogens is 1. The molecule has 324 valence electrons. The minimum Gasteiger partial charge on any atom is -0.444 e. The van der Waals surface area contributed by atoms with Crippen molar-refractivity contribution in [3.8, 4) is 0 Å². The second-order valence-corrected chi connectivity index (χ2v) is 18.5. The highest BCUT2D eigenvalue weighted by Gasteiger charge is 2.61. The number of sulfonamides is 1. The lowest BCUT2D eigenvalue weighted by atomic mass is 9.94. The lowest BCUT2D eigenvalue weighted by Crippen LogP contribution is -2.56. The van der Waals surface area contributed by atoms with Gasteiger partial charge in [-0.1, -0.05) is 56.0 Å². The first-order valence-electron chi connectivity index (χ1n) is 21.2. The molecule has 5 atom stereocenters. The molecule has 2 aromatic carbocycles. The number of amides is 5. The van der Waals surface area contributed by atoms with Gasteiger partial charge in [0.25, 0.3) is 15.9 Å². The second-order valence-electron chi connectivity index (χ2n) is 16.8. The van der Waals surface area contributed by atoms with Crippen molar-refractivity contribution >= 4 is 45.4 Å². The largest absolute Gasteiger partial charge is 0.444 e. The molecule has 1 unspecified atom stereocenters. The molecule has 5 N–H and O–H groups in total. The number of nitrogens with zero attached hydrogens (tertiary/aromatic N) is 2. The van der Waals surface area contributed by atoms with E-state index in [-0.39, 0.29) is 55.6 Å². The summed E-state index contributed by atoms with van der Waals surface area (Å²) in [6.45, 7) is 5.99. The fraction of sp³-hybridized carbons (Fsp3) is 0.558. The van der Waals surface area contributed by atoms with Crippen molar-refractivity contribution in [2.24, 2.45) is 11.8 Å². The Morgan fingerprint density at radius 2 is 1.73 bits per heavy atom. The van der Waals surface area contributed by atoms with Gasteiger partial charge in [-0.05, 0) is 74.9 Å². The Balaban J connectivity index is 1.13. The van der Waals surface area contributed by atoms with Gasteiger partial charge in [-0.25, -0.2) is 22.3 Å². The first kappa shape index (κ1) is 43.1. The summed E-state index contributed by atoms with van der Waals surface area (Å²) in [7, 11) is -4.41. The number of carbonyl (C=O) groups is 5. The van der Waals surface area contributed by atoms with E-state index in [0.29, 0.717) is 36.2 Å². The van der Waals surface area contributed by atoms with Gasteiger partial charge in [-0.3, -0.25) is 24.1 Å². The quantitative estimate of drug-likeness (QED) is 0.276. The number of fused-ring (bicyclic) bond motifs is 3. The second kappa shape index (κ2) is 18.7. The average molecular weight is 850 g/mol. The Kier molecular flexibility index (Phi) is 13.4. The minimum absolute atomic E-state index is 0.00286. The molecule has 1 saturated carbocycles. The Morgan fingerprint density at radius 3 is 2.50 bits per heavy atom. The maximum atomic E-state index is 14.5. The number of para-hydroxylation sites is 1. The standard InChI is InChI=1S/C43H56FN7O8S/c1-2-30-24-43(30)41(55)49-60(57,58)37-15-8-7-14-35(37)46-18-9-5-3-4-6-12-31(47-38(52)21-28-16-19-45-20-17-28)22-39(53)51-26-32(23-36(51)40(54)48-43)59-42(56)50-25-29-11-10-13-34(44)33(29)27-50/h2,7-8,10-11,13-15,28,30-32,36,45-46H,1,3-6,9,12,16-27H2,(H,47,52)(H,48,54)(H,49,55)/t30-,31?,32+,36-,43-/m0/s1. The molecule has 4 aliphatic heterocycles. The molecule has 5 aliphatic rings. The van der Waals surface area contributed by atoms with Crippen molar-refractivity contribution in [3.05, 3.63) is 72.1 Å². The summed E-state index contributed by atoms with van der Waals surface area (Å²) in [6, 6.07) is 9.21. The lowest BCUT2D eigenvalue weighted by molar-refractivity contribution is -0.140. The number of hydrogen-bond donors (Lipinski definition) is 5. The molecular formula is C43H56FN7O8S. The molecule has 17 heteroatoms. The smallest absolute Gasteiger partial charge is 0.410 e. The van der Waals surface area contributed by atoms with Crippen LogP contribution in [-0.4, -0.2) is 97.8 Å². The highest BCUT2D eigenvalue weighted by atomic mass is 32.2. The number of piperidine rings is 1. The summed E-state index contributed by atoms with van der Waals surface area (Å²) in [6.07, 6.45) is 6.39. The van der Waals surface area contributed by atoms with Gasteiger partial charge >= 0.3 is 6.09 Å². The zero-order chi connectivity index (χ0) is 42.4. The van der Waals surface area contributed by atoms with Gasteiger partial charge in [0.1, 0.15) is 28.4 Å². The van der Waals surface area contributed by atoms with Crippen LogP contribution in [0, 0.1) is 17.7 Å². The van der Waals surface area contributed by atoms with Crippen LogP contribution in [0.1, 0.15) is 88.2 Å². The van der Waals surface area contributed by atoms with Crippen molar-refractivity contribution in [1.82, 2.24) is 30.5 Å². The predicted molar refractivity (Wildman–Crippen MR) is 220 cm³/mol. The summed E-state index contributed by atoms with van der Waals surface area (Å²) in [4.78, 5) is 72.2. The number of anilines is 1. The van der Waals surface area contributed by atoms with Crippen LogP contribution in [0.4, 0.5) is 14.9 Å². The van der Waals surface area contributed by atoms with Crippen LogP contribution in [0.2, 0.25) is 0 Å². The van der Waals surface area contributed by atoms with E-state index in [9.17, 15) is 36.8 Å². The third kappa shape index (κ3) is 9.94. The summed E-state index contributed by atoms with van der Waals surface area (Å²) < 4.78 is 50.1. The number of rotatable bonds is 5. The van der Waals surface area contributed by atoms with E-state index in [1.807, 2.05) is 0 Å². The van der Waals surface area contributed by atoms with Gasteiger partial charge in [0.05, 0.1) is 18.8 Å². The first-order valence-corrected chi connectivity index (χ1v) is 22.7. The van der Waals surface area contributed by atoms with Crippen LogP contribution in [-0.2, 0) is 47.0 Å². The van der Waals surface area contributed by atoms with Crippen LogP contribution in [0.5, 0.6) is 0 Å². The summed E-state index contributed by atoms with van der Waals surface area (Å²) in [5, 5.41) is 12.4. The fourth-order valence-corrected chi connectivity index (χ4v) is 10.3. The minimum atomic E-state index is -4.41. The third-order valence-electron chi connectivity index (χ3n) is 12.6. The van der Waals surface area contributed by atoms with Crippen molar-refractivity contribution in [1.29, 1.82) is 0 Å². The van der Waals surface area contributed by atoms with Crippen LogP contribution in [0.25, 0.3) is 0 Å². The molecule has 0 aromatic heterocycles. The van der Waals surface area contributed by atoms with Crippen molar-refractivity contribution in [3.63, 3.8) is 0 Å². The van der Waals surface area contributed by atoms with Crippen molar-refractivity contribution in [2.45, 2.75) is 119 Å². The molecule has 3 fully saturated rings. The summed E-state index contributed by atoms with van der Waals surface area (Å²) in [5.74, 6) is -3.05. The predicted octanol–water partition coefficient (Wildman–Crippen LogP) is 3.84. The van der Waals surface area contributed by atoms with Crippen LogP contribution >= 0.6 is 0 Å². The van der Waals surface area contributed by atoms with E-state index in [1.54, 1.807) is 30.3 Å². The van der Waals surface area contributed by atoms with Gasteiger partial charge in [0, 0.05) is 49.9 Å². The maximum Gasteiger partial charge on any atom is 0.410 e. The zero-order valence-corrected chi connectivity index (χ0v) is 34.7. The molecule has 0 bridgehead atoms. The molecular weight excluding hydrogens is 794 g/mol. The molecule has 0 radical (unpaired) electrons. The topological polar surface area (TPSA) is 195 Å². The fourth-order valence-electron chi connectivity index (χ4n) is 9.04. The Hall–Kier alpha value is -5.03. The molecule has 4 heterocycles. The highest BCUT2D eigenvalue weighted by Crippen LogP contribution is 2.45. The molecule has 1 spiro atoms. The van der Waals surface area contributed by atoms with E-state index in [2.05, 4.69) is 32.6 Å². The number of benzene rings is 2. The molecule has 2 aromatic rings. The molecule has 2 saturated heterocycles. The van der Waals surface area contributed by atoms with Crippen molar-refractivity contribution < 1.29 is 41.5 Å². The van der Waals surface area contributed by atoms with Crippen LogP contribution in [0.3, 0.4) is 0 Å². The number of carbonyl (C=O) groups excluding carboxylic acids is 5. The third-order valence-corrected chi connectivity index (χ3v) is 13.9. The van der Waals surface area contributed by atoms with Gasteiger partial charge in [0.2, 0.25) is 17.7 Å². The molecule has 7 rings (SSSR count). The Bertz CT molecular complexity index is 2080. The molecule has 60 heavy (non-hydrogen) atoms. The molecule has 15 nitrogen and oxygen atoms in total. The van der Waals surface area contributed by atoms with E-state index in [1.165, 1.54) is 28.0 Å². The van der Waals surface area contributed by atoms with Gasteiger partial charge in [-0.2, -0.15) is 0 Å². The first-order chi connectivity index (χ1) is 28.9. The maximum absolute atomic E-state index is 14.5. The molecule has 5 amide bonds. The van der Waals surface area contributed by atoms with Crippen molar-refractivity contribution in [2.75, 3.05) is 31.5 Å². The number of ether oxygens (including phenoxy) is 1. The summed E-state index contributed by atoms with van der Waals surface area (Å²) >= 11 is 0. The van der Waals surface area contributed by atoms with Gasteiger partial charge < -0.3 is 30.9 Å². The van der Waals surface area contributed by atoms with E-state index >= 15 is 0 Å². The van der Waals surface area contributed by atoms with E-state index in [0.717, 1.165) is 58.0 Å². The van der Waals surface area contributed by atoms with Crippen LogP contribution < -0.4 is 26.0 Å². The van der Waals surface area contributed by atoms with Crippen LogP contribution in [0.15, 0.2) is 60.0 Å². The monoisotopic (exact) mass is 849 g/mol. The SMILES string of the molecule is C=C[C@H]1C[C@]12NC(=O)[C@@H]1C[C@@H](OC(=O)N3Cc4cccc(F)c4C3)CN1C(=O)CC(NC(=O)CC1CCNCC1)CCCCCCCNc1ccccc1S(=O)(=O)NC2=O. The van der Waals surface area contributed by atoms with E-state index < -0.39 is 69.3 Å². The average Bonchev–Trinajstić information content (AvgIpc) is 3.51. The van der Waals surface area contributed by atoms with Gasteiger partial charge in [-0.15, -0.1) is 6.58 Å². The lowest BCUT2D eigenvalue weighted by Gasteiger charge is -2.28. The normalized spacial score (nSPS) is 27.9. The van der Waals surface area contributed by atoms with E-state index in [4.69, 9.17) is 4.74 Å². The summed E-state index contributed by atoms with van der Waals surface area (Å²) in [5.41, 5.74) is -0.284. The number of nitrogens with one attached hydrogen (secondary N) is 5. The Labute approximate surface area is 350 Å². The van der Waals surface area contributed by atoms with Gasteiger partial charge in [0.15, 0.2) is 0 Å². The number of hydrogen-bond acceptors (Lipinski definition) is 10. The zero-order valence-electron chi connectivity index (χ0n) is 33.9. The molecule has 1 aliphatic carbocycles.